The number of aliphatic carboxylic acids is 1. The lowest BCUT2D eigenvalue weighted by Gasteiger charge is -2.03. The maximum Gasteiger partial charge on any atom is 0.313 e. The number of carbonyl (C=O) groups excluding carboxylic acids is 1. The van der Waals surface area contributed by atoms with Crippen LogP contribution in [0.25, 0.3) is 0 Å². The number of aryl methyl sites for hydroxylation is 2. The first-order valence-electron chi connectivity index (χ1n) is 5.14. The number of carboxylic acids is 1. The van der Waals surface area contributed by atoms with Crippen molar-refractivity contribution in [3.05, 3.63) is 11.9 Å². The van der Waals surface area contributed by atoms with Gasteiger partial charge < -0.3 is 10.4 Å². The van der Waals surface area contributed by atoms with Crippen LogP contribution in [-0.4, -0.2) is 38.3 Å². The van der Waals surface area contributed by atoms with Crippen molar-refractivity contribution in [1.29, 1.82) is 0 Å². The van der Waals surface area contributed by atoms with Crippen LogP contribution < -0.4 is 5.32 Å². The number of hydrogen-bond acceptors (Lipinski definition) is 4. The van der Waals surface area contributed by atoms with Crippen LogP contribution in [0.5, 0.6) is 0 Å². The molecule has 0 aliphatic carbocycles. The van der Waals surface area contributed by atoms with Crippen molar-refractivity contribution in [3.63, 3.8) is 0 Å². The molecule has 1 amide bonds. The summed E-state index contributed by atoms with van der Waals surface area (Å²) in [5, 5.41) is 15.3. The zero-order valence-corrected chi connectivity index (χ0v) is 10.6. The number of hydrogen-bond donors (Lipinski definition) is 2. The van der Waals surface area contributed by atoms with Crippen molar-refractivity contribution < 1.29 is 14.7 Å². The quantitative estimate of drug-likeness (QED) is 0.785. The molecule has 6 nitrogen and oxygen atoms in total. The third kappa shape index (κ3) is 4.48. The van der Waals surface area contributed by atoms with Crippen molar-refractivity contribution in [2.24, 2.45) is 7.05 Å². The maximum atomic E-state index is 11.5. The number of amides is 1. The Morgan fingerprint density at radius 1 is 1.53 bits per heavy atom. The smallest absolute Gasteiger partial charge is 0.313 e. The number of nitrogens with one attached hydrogen (secondary N) is 1. The lowest BCUT2D eigenvalue weighted by molar-refractivity contribution is -0.133. The molecule has 0 saturated carbocycles. The van der Waals surface area contributed by atoms with E-state index in [4.69, 9.17) is 5.11 Å². The van der Waals surface area contributed by atoms with Crippen LogP contribution in [-0.2, 0) is 23.1 Å². The zero-order valence-electron chi connectivity index (χ0n) is 9.77. The van der Waals surface area contributed by atoms with Gasteiger partial charge in [-0.15, -0.1) is 11.8 Å². The number of rotatable bonds is 6. The average Bonchev–Trinajstić information content (AvgIpc) is 2.58. The summed E-state index contributed by atoms with van der Waals surface area (Å²) >= 11 is 1.07. The van der Waals surface area contributed by atoms with Gasteiger partial charge in [-0.1, -0.05) is 6.92 Å². The normalized spacial score (nSPS) is 10.2. The van der Waals surface area contributed by atoms with E-state index in [-0.39, 0.29) is 17.4 Å². The Morgan fingerprint density at radius 2 is 2.24 bits per heavy atom. The molecule has 0 saturated heterocycles. The van der Waals surface area contributed by atoms with Gasteiger partial charge in [-0.05, 0) is 6.42 Å². The van der Waals surface area contributed by atoms with Gasteiger partial charge in [0.2, 0.25) is 5.91 Å². The number of carboxylic acid groups (broad SMARTS) is 1. The molecule has 1 aromatic rings. The Morgan fingerprint density at radius 3 is 2.82 bits per heavy atom. The molecule has 0 unspecified atom stereocenters. The minimum atomic E-state index is -0.918. The molecule has 1 aromatic heterocycles. The van der Waals surface area contributed by atoms with Crippen molar-refractivity contribution in [3.8, 4) is 0 Å². The Kier molecular flexibility index (Phi) is 5.02. The molecule has 0 fully saturated rings. The van der Waals surface area contributed by atoms with Gasteiger partial charge in [0.15, 0.2) is 0 Å². The van der Waals surface area contributed by atoms with E-state index in [0.717, 1.165) is 23.9 Å². The van der Waals surface area contributed by atoms with Crippen LogP contribution in [0.2, 0.25) is 0 Å². The van der Waals surface area contributed by atoms with E-state index in [1.54, 1.807) is 17.9 Å². The van der Waals surface area contributed by atoms with Crippen LogP contribution in [0, 0.1) is 0 Å². The summed E-state index contributed by atoms with van der Waals surface area (Å²) in [4.78, 5) is 21.8. The van der Waals surface area contributed by atoms with E-state index in [0.29, 0.717) is 5.69 Å². The number of nitrogens with zero attached hydrogens (tertiary/aromatic N) is 2. The molecule has 0 aromatic carbocycles. The number of anilines is 1. The molecular formula is C10H15N3O3S. The second kappa shape index (κ2) is 6.29. The Hall–Kier alpha value is -1.50. The molecule has 1 rings (SSSR count). The molecule has 0 aliphatic rings. The molecule has 7 heteroatoms. The summed E-state index contributed by atoms with van der Waals surface area (Å²) in [5.41, 5.74) is 1.51. The van der Waals surface area contributed by atoms with Crippen molar-refractivity contribution in [2.45, 2.75) is 13.3 Å². The molecule has 0 aliphatic heterocycles. The molecule has 0 spiro atoms. The summed E-state index contributed by atoms with van der Waals surface area (Å²) in [6.07, 6.45) is 2.47. The summed E-state index contributed by atoms with van der Waals surface area (Å²) in [7, 11) is 1.79. The van der Waals surface area contributed by atoms with E-state index in [2.05, 4.69) is 10.4 Å². The van der Waals surface area contributed by atoms with Crippen molar-refractivity contribution >= 4 is 29.3 Å². The SMILES string of the molecule is CCc1nn(C)cc1NC(=O)CSCC(=O)O. The zero-order chi connectivity index (χ0) is 12.8. The summed E-state index contributed by atoms with van der Waals surface area (Å²) < 4.78 is 1.64. The molecule has 1 heterocycles. The predicted molar refractivity (Wildman–Crippen MR) is 66.2 cm³/mol. The molecule has 2 N–H and O–H groups in total. The molecule has 17 heavy (non-hydrogen) atoms. The molecule has 0 atom stereocenters. The highest BCUT2D eigenvalue weighted by Crippen LogP contribution is 2.14. The van der Waals surface area contributed by atoms with Crippen LogP contribution in [0.1, 0.15) is 12.6 Å². The summed E-state index contributed by atoms with van der Waals surface area (Å²) in [6.45, 7) is 1.96. The topological polar surface area (TPSA) is 84.2 Å². The van der Waals surface area contributed by atoms with Gasteiger partial charge in [0.25, 0.3) is 0 Å². The highest BCUT2D eigenvalue weighted by molar-refractivity contribution is 8.00. The maximum absolute atomic E-state index is 11.5. The lowest BCUT2D eigenvalue weighted by atomic mass is 10.3. The summed E-state index contributed by atoms with van der Waals surface area (Å²) in [6, 6.07) is 0. The monoisotopic (exact) mass is 257 g/mol. The summed E-state index contributed by atoms with van der Waals surface area (Å²) in [5.74, 6) is -1.07. The molecular weight excluding hydrogens is 242 g/mol. The van der Waals surface area contributed by atoms with Crippen LogP contribution in [0.3, 0.4) is 0 Å². The first-order valence-corrected chi connectivity index (χ1v) is 6.30. The van der Waals surface area contributed by atoms with Gasteiger partial charge in [-0.25, -0.2) is 0 Å². The third-order valence-electron chi connectivity index (χ3n) is 1.97. The second-order valence-corrected chi connectivity index (χ2v) is 4.44. The van der Waals surface area contributed by atoms with Gasteiger partial charge in [-0.2, -0.15) is 5.10 Å². The predicted octanol–water partition coefficient (Wildman–Crippen LogP) is 0.739. The van der Waals surface area contributed by atoms with E-state index in [1.807, 2.05) is 6.92 Å². The first kappa shape index (κ1) is 13.6. The highest BCUT2D eigenvalue weighted by atomic mass is 32.2. The van der Waals surface area contributed by atoms with Gasteiger partial charge in [0, 0.05) is 13.2 Å². The fourth-order valence-electron chi connectivity index (χ4n) is 1.32. The minimum absolute atomic E-state index is 0.0684. The molecule has 0 bridgehead atoms. The fraction of sp³-hybridized carbons (Fsp3) is 0.500. The number of carbonyl (C=O) groups is 2. The lowest BCUT2D eigenvalue weighted by Crippen LogP contribution is -2.15. The van der Waals surface area contributed by atoms with Gasteiger partial charge in [0.05, 0.1) is 22.9 Å². The van der Waals surface area contributed by atoms with Crippen LogP contribution >= 0.6 is 11.8 Å². The first-order chi connectivity index (χ1) is 8.02. The number of aromatic nitrogens is 2. The second-order valence-electron chi connectivity index (χ2n) is 3.45. The average molecular weight is 257 g/mol. The van der Waals surface area contributed by atoms with Crippen LogP contribution in [0.4, 0.5) is 5.69 Å². The molecule has 0 radical (unpaired) electrons. The standard InChI is InChI=1S/C10H15N3O3S/c1-3-7-8(4-13(2)12-7)11-9(14)5-17-6-10(15)16/h4H,3,5-6H2,1-2H3,(H,11,14)(H,15,16). The third-order valence-corrected chi connectivity index (χ3v) is 2.89. The van der Waals surface area contributed by atoms with E-state index in [1.165, 1.54) is 0 Å². The Labute approximate surface area is 103 Å². The van der Waals surface area contributed by atoms with Gasteiger partial charge in [-0.3, -0.25) is 14.3 Å². The fourth-order valence-corrected chi connectivity index (χ4v) is 1.85. The van der Waals surface area contributed by atoms with Gasteiger partial charge >= 0.3 is 5.97 Å². The van der Waals surface area contributed by atoms with Crippen molar-refractivity contribution in [1.82, 2.24) is 9.78 Å². The largest absolute Gasteiger partial charge is 0.481 e. The Balaban J connectivity index is 2.47. The van der Waals surface area contributed by atoms with Crippen LogP contribution in [0.15, 0.2) is 6.20 Å². The highest BCUT2D eigenvalue weighted by Gasteiger charge is 2.10. The van der Waals surface area contributed by atoms with E-state index >= 15 is 0 Å². The van der Waals surface area contributed by atoms with E-state index < -0.39 is 5.97 Å². The van der Waals surface area contributed by atoms with E-state index in [9.17, 15) is 9.59 Å². The molecule has 94 valence electrons. The number of thioether (sulfide) groups is 1. The Bertz CT molecular complexity index is 417. The minimum Gasteiger partial charge on any atom is -0.481 e. The van der Waals surface area contributed by atoms with Gasteiger partial charge in [0.1, 0.15) is 0 Å². The van der Waals surface area contributed by atoms with Crippen molar-refractivity contribution in [2.75, 3.05) is 16.8 Å².